The number of rotatable bonds is 15. The molecule has 0 fully saturated rings. The van der Waals surface area contributed by atoms with Crippen molar-refractivity contribution in [1.82, 2.24) is 72.3 Å². The summed E-state index contributed by atoms with van der Waals surface area (Å²) in [4.78, 5) is 43.6. The third-order valence-electron chi connectivity index (χ3n) is 28.9. The van der Waals surface area contributed by atoms with Crippen LogP contribution in [0.5, 0.6) is 0 Å². The minimum absolute atomic E-state index is 0.790. The van der Waals surface area contributed by atoms with Gasteiger partial charge in [0.05, 0.1) is 95.2 Å². The Balaban J connectivity index is 0.000000108. The molecule has 0 unspecified atom stereocenters. The lowest BCUT2D eigenvalue weighted by atomic mass is 10.0. The molecule has 0 saturated carbocycles. The van der Waals surface area contributed by atoms with E-state index in [2.05, 4.69) is 432 Å². The maximum atomic E-state index is 5.34. The first-order valence-corrected chi connectivity index (χ1v) is 50.3. The van der Waals surface area contributed by atoms with Crippen molar-refractivity contribution in [2.75, 3.05) is 0 Å². The van der Waals surface area contributed by atoms with E-state index in [4.69, 9.17) is 34.9 Å². The van der Waals surface area contributed by atoms with Crippen molar-refractivity contribution in [2.24, 2.45) is 0 Å². The molecule has 0 bridgehead atoms. The maximum absolute atomic E-state index is 5.34. The summed E-state index contributed by atoms with van der Waals surface area (Å²) in [5.74, 6) is 0.888. The van der Waals surface area contributed by atoms with Gasteiger partial charge < -0.3 is 9.13 Å². The van der Waals surface area contributed by atoms with Gasteiger partial charge in [0.25, 0.3) is 0 Å². The van der Waals surface area contributed by atoms with E-state index >= 15 is 0 Å². The van der Waals surface area contributed by atoms with E-state index in [1.807, 2.05) is 122 Å². The molecule has 0 atom stereocenters. The summed E-state index contributed by atoms with van der Waals surface area (Å²) < 4.78 is 13.9. The van der Waals surface area contributed by atoms with Gasteiger partial charge in [0.15, 0.2) is 0 Å². The first-order chi connectivity index (χ1) is 74.4. The standard InChI is InChI=1S/C46H30N4.C45H29N5.C44H28N6/c1-4-13-31(14-5-1)35-27-41(32-15-6-2-7-16-32)48-45(30-35)50-42-21-11-10-19-37(42)38-24-22-34(29-44(38)50)33-23-25-39-40-20-12-26-47-46(40)49(43(39)28-33)36-17-8-3-9-18-36;1-2-11-34(12-3-1)50-44-29-31(19-21-38(44)39-14-10-24-48-45(39)50)30-18-20-37-36-13-4-5-17-42(36)49(43(37)28-30)35-26-32(40-15-6-8-22-46-40)25-33(27-35)41-16-7-9-23-47-41;1-2-11-31(12-3-1)50-43-26-30(19-21-35(43)36-14-10-24-47-44(36)50)29-18-20-34-33-13-4-5-17-41(33)49(42(34)25-29)32-27-39(37-15-6-8-22-45-37)48-40(28-32)38-16-7-9-23-46-38/h1-30H;1-29H;1-28H. The van der Waals surface area contributed by atoms with Crippen LogP contribution < -0.4 is 0 Å². The molecular formula is C135H87N15. The van der Waals surface area contributed by atoms with Crippen LogP contribution in [0.1, 0.15) is 0 Å². The summed E-state index contributed by atoms with van der Waals surface area (Å²) in [6.07, 6.45) is 12.9. The zero-order chi connectivity index (χ0) is 99.1. The van der Waals surface area contributed by atoms with Crippen LogP contribution in [0.25, 0.3) is 267 Å². The molecule has 0 spiro atoms. The highest BCUT2D eigenvalue weighted by atomic mass is 15.1. The molecule has 0 aliphatic heterocycles. The second-order valence-electron chi connectivity index (χ2n) is 37.6. The molecule has 15 nitrogen and oxygen atoms in total. The molecule has 0 aliphatic carbocycles. The largest absolute Gasteiger partial charge is 0.309 e. The van der Waals surface area contributed by atoms with E-state index in [0.717, 1.165) is 218 Å². The zero-order valence-electron chi connectivity index (χ0n) is 80.9. The smallest absolute Gasteiger partial charge is 0.145 e. The summed E-state index contributed by atoms with van der Waals surface area (Å²) >= 11 is 0. The van der Waals surface area contributed by atoms with Gasteiger partial charge in [0, 0.05) is 147 Å². The van der Waals surface area contributed by atoms with E-state index in [0.29, 0.717) is 0 Å². The predicted octanol–water partition coefficient (Wildman–Crippen LogP) is 33.2. The molecule has 15 aromatic heterocycles. The number of hydrogen-bond donors (Lipinski definition) is 0. The number of aromatic nitrogens is 15. The molecule has 30 aromatic rings. The highest BCUT2D eigenvalue weighted by Gasteiger charge is 2.26. The van der Waals surface area contributed by atoms with Crippen molar-refractivity contribution in [2.45, 2.75) is 0 Å². The van der Waals surface area contributed by atoms with Crippen molar-refractivity contribution < 1.29 is 0 Å². The van der Waals surface area contributed by atoms with Crippen LogP contribution in [0.15, 0.2) is 529 Å². The van der Waals surface area contributed by atoms with Crippen LogP contribution in [0.3, 0.4) is 0 Å². The Kier molecular flexibility index (Phi) is 21.5. The van der Waals surface area contributed by atoms with Crippen LogP contribution in [-0.2, 0) is 0 Å². The van der Waals surface area contributed by atoms with Crippen molar-refractivity contribution >= 4 is 131 Å². The Morgan fingerprint density at radius 2 is 0.400 bits per heavy atom. The summed E-state index contributed by atoms with van der Waals surface area (Å²) in [5.41, 5.74) is 36.6. The average Bonchev–Trinajstić information content (AvgIpc) is 1.61. The molecule has 0 radical (unpaired) electrons. The fraction of sp³-hybridized carbons (Fsp3) is 0. The SMILES string of the molecule is c1ccc(-c2cc(-c3ccccc3)nc(-n3c4ccccc4c4ccc(-c5ccc6c7cccnc7n(-c7ccccc7)c6c5)cc43)c2)cc1.c1ccc(-n2c3cc(-c4ccc5c6ccccc6n(-c6cc(-c7ccccn7)cc(-c7ccccn7)c6)c5c4)ccc3c3cccnc32)cc1.c1ccc(-n2c3cc(-c4ccc5c6ccccc6n(-c6cc(-c7ccccn7)nc(-c7ccccn7)c6)c5c4)ccc3c3cccnc32)cc1. The Morgan fingerprint density at radius 3 is 0.760 bits per heavy atom. The second-order valence-corrected chi connectivity index (χ2v) is 37.6. The number of hydrogen-bond acceptors (Lipinski definition) is 9. The quantitative estimate of drug-likeness (QED) is 0.0979. The molecular weight excluding hydrogens is 1830 g/mol. The third kappa shape index (κ3) is 15.4. The molecule has 0 amide bonds. The van der Waals surface area contributed by atoms with E-state index in [9.17, 15) is 0 Å². The van der Waals surface area contributed by atoms with Gasteiger partial charge in [0.2, 0.25) is 0 Å². The van der Waals surface area contributed by atoms with Gasteiger partial charge in [-0.1, -0.05) is 267 Å². The fourth-order valence-corrected chi connectivity index (χ4v) is 22.1. The first-order valence-electron chi connectivity index (χ1n) is 50.3. The minimum atomic E-state index is 0.790. The summed E-state index contributed by atoms with van der Waals surface area (Å²) in [7, 11) is 0. The average molecular weight is 1920 g/mol. The molecule has 0 N–H and O–H groups in total. The van der Waals surface area contributed by atoms with Crippen molar-refractivity contribution in [3.05, 3.63) is 529 Å². The Labute approximate surface area is 861 Å². The summed E-state index contributed by atoms with van der Waals surface area (Å²) in [6.45, 7) is 0. The van der Waals surface area contributed by atoms with Crippen LogP contribution >= 0.6 is 0 Å². The fourth-order valence-electron chi connectivity index (χ4n) is 22.1. The molecule has 30 rings (SSSR count). The molecule has 150 heavy (non-hydrogen) atoms. The highest BCUT2D eigenvalue weighted by Crippen LogP contribution is 2.46. The third-order valence-corrected chi connectivity index (χ3v) is 28.9. The Morgan fingerprint density at radius 1 is 0.120 bits per heavy atom. The van der Waals surface area contributed by atoms with Crippen LogP contribution in [0.2, 0.25) is 0 Å². The predicted molar refractivity (Wildman–Crippen MR) is 614 cm³/mol. The summed E-state index contributed by atoms with van der Waals surface area (Å²) in [6, 6.07) is 171. The normalized spacial score (nSPS) is 11.6. The summed E-state index contributed by atoms with van der Waals surface area (Å²) in [5, 5.41) is 14.2. The number of fused-ring (bicyclic) bond motifs is 18. The molecule has 702 valence electrons. The lowest BCUT2D eigenvalue weighted by Crippen LogP contribution is -2.00. The van der Waals surface area contributed by atoms with Gasteiger partial charge in [-0.15, -0.1) is 0 Å². The maximum Gasteiger partial charge on any atom is 0.145 e. The zero-order valence-corrected chi connectivity index (χ0v) is 80.9. The van der Waals surface area contributed by atoms with E-state index < -0.39 is 0 Å². The molecule has 0 saturated heterocycles. The Bertz CT molecular complexity index is 9330. The number of para-hydroxylation sites is 6. The van der Waals surface area contributed by atoms with Gasteiger partial charge in [-0.2, -0.15) is 0 Å². The van der Waals surface area contributed by atoms with Gasteiger partial charge in [-0.25, -0.2) is 24.9 Å². The molecule has 15 heterocycles. The monoisotopic (exact) mass is 1920 g/mol. The van der Waals surface area contributed by atoms with Gasteiger partial charge >= 0.3 is 0 Å². The van der Waals surface area contributed by atoms with E-state index in [-0.39, 0.29) is 0 Å². The van der Waals surface area contributed by atoms with Crippen molar-refractivity contribution in [3.8, 4) is 135 Å². The Hall–Kier alpha value is -20.6. The van der Waals surface area contributed by atoms with Crippen LogP contribution in [0.4, 0.5) is 0 Å². The van der Waals surface area contributed by atoms with Crippen LogP contribution in [0, 0.1) is 0 Å². The lowest BCUT2D eigenvalue weighted by molar-refractivity contribution is 1.08. The minimum Gasteiger partial charge on any atom is -0.309 e. The highest BCUT2D eigenvalue weighted by molar-refractivity contribution is 6.16. The first kappa shape index (κ1) is 87.3. The van der Waals surface area contributed by atoms with E-state index in [1.165, 1.54) is 48.5 Å². The van der Waals surface area contributed by atoms with Crippen molar-refractivity contribution in [3.63, 3.8) is 0 Å². The number of benzene rings is 15. The number of pyridine rings is 9. The van der Waals surface area contributed by atoms with Gasteiger partial charge in [-0.3, -0.25) is 38.2 Å². The van der Waals surface area contributed by atoms with Gasteiger partial charge in [0.1, 0.15) is 22.8 Å². The molecule has 0 aliphatic rings. The van der Waals surface area contributed by atoms with Crippen LogP contribution in [-0.4, -0.2) is 72.3 Å². The van der Waals surface area contributed by atoms with E-state index in [1.54, 1.807) is 12.4 Å². The molecule has 15 aromatic carbocycles. The molecule has 15 heteroatoms. The second kappa shape index (κ2) is 37.0. The number of nitrogens with zero attached hydrogens (tertiary/aromatic N) is 15. The van der Waals surface area contributed by atoms with Crippen molar-refractivity contribution in [1.29, 1.82) is 0 Å². The van der Waals surface area contributed by atoms with Gasteiger partial charge in [-0.05, 0) is 263 Å². The topological polar surface area (TPSA) is 146 Å². The lowest BCUT2D eigenvalue weighted by Gasteiger charge is -2.14.